The Kier molecular flexibility index (Phi) is 5.66. The van der Waals surface area contributed by atoms with Crippen LogP contribution in [0.2, 0.25) is 0 Å². The minimum atomic E-state index is -0.160. The number of hydrogen-bond acceptors (Lipinski definition) is 3. The molecule has 2 saturated heterocycles. The van der Waals surface area contributed by atoms with Gasteiger partial charge in [-0.3, -0.25) is 4.90 Å². The van der Waals surface area contributed by atoms with Gasteiger partial charge in [0.05, 0.1) is 6.07 Å². The van der Waals surface area contributed by atoms with E-state index in [1.54, 1.807) is 0 Å². The topological polar surface area (TPSA) is 30.3 Å². The summed E-state index contributed by atoms with van der Waals surface area (Å²) >= 11 is 0. The summed E-state index contributed by atoms with van der Waals surface area (Å²) < 4.78 is 0. The van der Waals surface area contributed by atoms with E-state index < -0.39 is 0 Å². The van der Waals surface area contributed by atoms with Gasteiger partial charge in [0.2, 0.25) is 0 Å². The third-order valence-electron chi connectivity index (χ3n) is 4.87. The number of rotatable bonds is 3. The Morgan fingerprint density at radius 1 is 0.947 bits per heavy atom. The molecule has 0 saturated carbocycles. The molecule has 3 heteroatoms. The second-order valence-corrected chi connectivity index (χ2v) is 6.24. The van der Waals surface area contributed by atoms with Gasteiger partial charge in [0.1, 0.15) is 5.54 Å². The summed E-state index contributed by atoms with van der Waals surface area (Å²) in [7, 11) is 0. The number of likely N-dealkylation sites (tertiary alicyclic amines) is 2. The van der Waals surface area contributed by atoms with Crippen LogP contribution in [-0.4, -0.2) is 48.1 Å². The van der Waals surface area contributed by atoms with E-state index in [0.717, 1.165) is 32.5 Å². The first-order chi connectivity index (χ1) is 9.30. The molecule has 0 bridgehead atoms. The van der Waals surface area contributed by atoms with Crippen molar-refractivity contribution < 1.29 is 0 Å². The van der Waals surface area contributed by atoms with E-state index >= 15 is 0 Å². The van der Waals surface area contributed by atoms with E-state index in [1.165, 1.54) is 51.6 Å². The molecule has 3 nitrogen and oxygen atoms in total. The van der Waals surface area contributed by atoms with Crippen LogP contribution in [0.4, 0.5) is 0 Å². The SMILES string of the molecule is CCCN1CCCC(C#N)(N2CCCCCC2)CC1. The van der Waals surface area contributed by atoms with Crippen LogP contribution < -0.4 is 0 Å². The quantitative estimate of drug-likeness (QED) is 0.784. The lowest BCUT2D eigenvalue weighted by atomic mass is 9.89. The predicted molar refractivity (Wildman–Crippen MR) is 79.0 cm³/mol. The minimum Gasteiger partial charge on any atom is -0.303 e. The van der Waals surface area contributed by atoms with Crippen LogP contribution in [0.1, 0.15) is 58.3 Å². The summed E-state index contributed by atoms with van der Waals surface area (Å²) in [4.78, 5) is 5.08. The van der Waals surface area contributed by atoms with Gasteiger partial charge in [-0.2, -0.15) is 5.26 Å². The van der Waals surface area contributed by atoms with Gasteiger partial charge in [0, 0.05) is 6.54 Å². The molecule has 0 aromatic heterocycles. The van der Waals surface area contributed by atoms with E-state index in [-0.39, 0.29) is 5.54 Å². The monoisotopic (exact) mass is 263 g/mol. The Morgan fingerprint density at radius 2 is 1.68 bits per heavy atom. The molecule has 0 aliphatic carbocycles. The second-order valence-electron chi connectivity index (χ2n) is 6.24. The zero-order chi connectivity index (χ0) is 13.6. The molecular formula is C16H29N3. The van der Waals surface area contributed by atoms with Gasteiger partial charge in [-0.1, -0.05) is 19.8 Å². The Bertz CT molecular complexity index is 302. The molecule has 19 heavy (non-hydrogen) atoms. The average molecular weight is 263 g/mol. The highest BCUT2D eigenvalue weighted by Gasteiger charge is 2.38. The maximum Gasteiger partial charge on any atom is 0.110 e. The number of nitriles is 1. The number of hydrogen-bond donors (Lipinski definition) is 0. The van der Waals surface area contributed by atoms with Gasteiger partial charge in [0.25, 0.3) is 0 Å². The number of nitrogens with zero attached hydrogens (tertiary/aromatic N) is 3. The molecule has 108 valence electrons. The molecule has 2 aliphatic rings. The van der Waals surface area contributed by atoms with Crippen molar-refractivity contribution in [1.29, 1.82) is 5.26 Å². The molecule has 2 heterocycles. The van der Waals surface area contributed by atoms with Crippen molar-refractivity contribution in [2.75, 3.05) is 32.7 Å². The molecule has 0 N–H and O–H groups in total. The summed E-state index contributed by atoms with van der Waals surface area (Å²) in [5.41, 5.74) is -0.160. The van der Waals surface area contributed by atoms with Gasteiger partial charge in [-0.05, 0) is 64.7 Å². The third-order valence-corrected chi connectivity index (χ3v) is 4.87. The first-order valence-electron chi connectivity index (χ1n) is 8.19. The van der Waals surface area contributed by atoms with Gasteiger partial charge < -0.3 is 4.90 Å². The molecule has 2 aliphatic heterocycles. The maximum atomic E-state index is 9.82. The van der Waals surface area contributed by atoms with E-state index in [9.17, 15) is 5.26 Å². The Balaban J connectivity index is 2.02. The van der Waals surface area contributed by atoms with Crippen molar-refractivity contribution in [3.63, 3.8) is 0 Å². The van der Waals surface area contributed by atoms with E-state index in [1.807, 2.05) is 0 Å². The zero-order valence-corrected chi connectivity index (χ0v) is 12.5. The predicted octanol–water partition coefficient (Wildman–Crippen LogP) is 3.02. The van der Waals surface area contributed by atoms with Crippen molar-refractivity contribution in [3.8, 4) is 6.07 Å². The fourth-order valence-corrected chi connectivity index (χ4v) is 3.71. The normalized spacial score (nSPS) is 31.4. The van der Waals surface area contributed by atoms with E-state index in [4.69, 9.17) is 0 Å². The molecule has 0 aromatic carbocycles. The van der Waals surface area contributed by atoms with Gasteiger partial charge >= 0.3 is 0 Å². The largest absolute Gasteiger partial charge is 0.303 e. The minimum absolute atomic E-state index is 0.160. The molecule has 0 spiro atoms. The lowest BCUT2D eigenvalue weighted by molar-refractivity contribution is 0.124. The highest BCUT2D eigenvalue weighted by atomic mass is 15.2. The molecule has 0 amide bonds. The van der Waals surface area contributed by atoms with Gasteiger partial charge in [-0.15, -0.1) is 0 Å². The molecule has 2 rings (SSSR count). The summed E-state index contributed by atoms with van der Waals surface area (Å²) in [6.45, 7) is 8.02. The fraction of sp³-hybridized carbons (Fsp3) is 0.938. The fourth-order valence-electron chi connectivity index (χ4n) is 3.71. The lowest BCUT2D eigenvalue weighted by Crippen LogP contribution is -2.48. The highest BCUT2D eigenvalue weighted by Crippen LogP contribution is 2.30. The summed E-state index contributed by atoms with van der Waals surface area (Å²) in [5, 5.41) is 9.82. The Labute approximate surface area is 118 Å². The Hall–Kier alpha value is -0.590. The van der Waals surface area contributed by atoms with Crippen LogP contribution in [0.3, 0.4) is 0 Å². The second kappa shape index (κ2) is 7.26. The maximum absolute atomic E-state index is 9.82. The zero-order valence-electron chi connectivity index (χ0n) is 12.5. The van der Waals surface area contributed by atoms with Crippen LogP contribution in [0.15, 0.2) is 0 Å². The molecule has 2 fully saturated rings. The summed E-state index contributed by atoms with van der Waals surface area (Å²) in [6, 6.07) is 2.72. The first kappa shape index (κ1) is 14.8. The van der Waals surface area contributed by atoms with Gasteiger partial charge in [0.15, 0.2) is 0 Å². The molecule has 0 aromatic rings. The lowest BCUT2D eigenvalue weighted by Gasteiger charge is -2.37. The van der Waals surface area contributed by atoms with Crippen molar-refractivity contribution in [3.05, 3.63) is 0 Å². The van der Waals surface area contributed by atoms with Crippen molar-refractivity contribution in [2.45, 2.75) is 63.8 Å². The molecule has 1 atom stereocenters. The van der Waals surface area contributed by atoms with Gasteiger partial charge in [-0.25, -0.2) is 0 Å². The van der Waals surface area contributed by atoms with Crippen LogP contribution in [0, 0.1) is 11.3 Å². The summed E-state index contributed by atoms with van der Waals surface area (Å²) in [5.74, 6) is 0. The molecular weight excluding hydrogens is 234 g/mol. The van der Waals surface area contributed by atoms with Crippen molar-refractivity contribution >= 4 is 0 Å². The summed E-state index contributed by atoms with van der Waals surface area (Å²) in [6.07, 6.45) is 9.78. The van der Waals surface area contributed by atoms with Crippen molar-refractivity contribution in [1.82, 2.24) is 9.80 Å². The van der Waals surface area contributed by atoms with Crippen LogP contribution >= 0.6 is 0 Å². The third kappa shape index (κ3) is 3.70. The smallest absolute Gasteiger partial charge is 0.110 e. The first-order valence-corrected chi connectivity index (χ1v) is 8.19. The standard InChI is InChI=1S/C16H29N3/c1-2-10-18-11-7-8-16(15-17,9-14-18)19-12-5-3-4-6-13-19/h2-14H2,1H3. The van der Waals surface area contributed by atoms with Crippen LogP contribution in [0.25, 0.3) is 0 Å². The highest BCUT2D eigenvalue weighted by molar-refractivity contribution is 5.10. The van der Waals surface area contributed by atoms with Crippen LogP contribution in [0.5, 0.6) is 0 Å². The van der Waals surface area contributed by atoms with Crippen LogP contribution in [-0.2, 0) is 0 Å². The van der Waals surface area contributed by atoms with E-state index in [0.29, 0.717) is 0 Å². The van der Waals surface area contributed by atoms with Crippen molar-refractivity contribution in [2.24, 2.45) is 0 Å². The average Bonchev–Trinajstić information content (AvgIpc) is 2.81. The molecule has 1 unspecified atom stereocenters. The van der Waals surface area contributed by atoms with E-state index in [2.05, 4.69) is 22.8 Å². The molecule has 0 radical (unpaired) electrons. The Morgan fingerprint density at radius 3 is 2.32 bits per heavy atom.